The maximum Gasteiger partial charge on any atom is 0.417 e. The number of nitrogens with one attached hydrogen (secondary N) is 1. The Morgan fingerprint density at radius 2 is 1.79 bits per heavy atom. The topological polar surface area (TPSA) is 94.7 Å². The number of pyridine rings is 1. The van der Waals surface area contributed by atoms with Crippen molar-refractivity contribution in [2.45, 2.75) is 19.1 Å². The molecule has 0 unspecified atom stereocenters. The highest BCUT2D eigenvalue weighted by Crippen LogP contribution is 2.34. The normalized spacial score (nSPS) is 11.6. The molecule has 0 fully saturated rings. The fourth-order valence-corrected chi connectivity index (χ4v) is 4.33. The molecule has 1 amide bonds. The Morgan fingerprint density at radius 3 is 2.51 bits per heavy atom. The van der Waals surface area contributed by atoms with Gasteiger partial charge in [0.2, 0.25) is 0 Å². The second-order valence-electron chi connectivity index (χ2n) is 9.02. The zero-order chi connectivity index (χ0) is 27.7. The van der Waals surface area contributed by atoms with Crippen LogP contribution >= 0.6 is 0 Å². The predicted octanol–water partition coefficient (Wildman–Crippen LogP) is 4.48. The minimum atomic E-state index is -4.74. The first-order chi connectivity index (χ1) is 18.6. The van der Waals surface area contributed by atoms with Gasteiger partial charge < -0.3 is 5.32 Å². The number of carbonyl (C=O) groups excluding carboxylic acids is 1. The molecule has 0 saturated carbocycles. The van der Waals surface area contributed by atoms with Crippen molar-refractivity contribution >= 4 is 16.8 Å². The standard InChI is InChI=1S/C28H23F3N6O2/c1-32-27(39)22-5-4-18(13-23(22)28(29,30)31)25-7-8-26(38)37(35-25)10-9-17-3-6-24-19(11-17)12-20(14-33-24)21-15-34-36(2)16-21/h3-8,11-16H,9-10H2,1-2H3,(H,32,39). The first-order valence-electron chi connectivity index (χ1n) is 12.0. The van der Waals surface area contributed by atoms with Gasteiger partial charge in [0.05, 0.1) is 28.5 Å². The summed E-state index contributed by atoms with van der Waals surface area (Å²) in [4.78, 5) is 29.0. The number of aromatic nitrogens is 5. The molecule has 0 aliphatic heterocycles. The number of fused-ring (bicyclic) bond motifs is 1. The van der Waals surface area contributed by atoms with Crippen LogP contribution in [0.3, 0.4) is 0 Å². The molecule has 11 heteroatoms. The van der Waals surface area contributed by atoms with Gasteiger partial charge in [0.15, 0.2) is 0 Å². The van der Waals surface area contributed by atoms with E-state index < -0.39 is 23.2 Å². The third kappa shape index (κ3) is 5.42. The van der Waals surface area contributed by atoms with Gasteiger partial charge in [-0.3, -0.25) is 19.3 Å². The molecule has 5 aromatic rings. The predicted molar refractivity (Wildman–Crippen MR) is 140 cm³/mol. The summed E-state index contributed by atoms with van der Waals surface area (Å²) in [6.45, 7) is 0.219. The lowest BCUT2D eigenvalue weighted by Gasteiger charge is -2.14. The molecule has 0 saturated heterocycles. The molecule has 198 valence electrons. The van der Waals surface area contributed by atoms with Crippen LogP contribution in [0.1, 0.15) is 21.5 Å². The number of aryl methyl sites for hydroxylation is 3. The molecule has 0 aliphatic rings. The van der Waals surface area contributed by atoms with Gasteiger partial charge >= 0.3 is 6.18 Å². The maximum atomic E-state index is 13.7. The Bertz CT molecular complexity index is 1760. The van der Waals surface area contributed by atoms with Crippen molar-refractivity contribution in [1.82, 2.24) is 29.9 Å². The highest BCUT2D eigenvalue weighted by molar-refractivity contribution is 5.96. The van der Waals surface area contributed by atoms with Crippen LogP contribution in [0.2, 0.25) is 0 Å². The average Bonchev–Trinajstić information content (AvgIpc) is 3.37. The zero-order valence-electron chi connectivity index (χ0n) is 21.0. The molecular formula is C28H23F3N6O2. The lowest BCUT2D eigenvalue weighted by molar-refractivity contribution is -0.137. The second kappa shape index (κ2) is 10.2. The van der Waals surface area contributed by atoms with Crippen molar-refractivity contribution in [3.05, 3.63) is 100 Å². The van der Waals surface area contributed by atoms with Crippen LogP contribution in [0.5, 0.6) is 0 Å². The minimum absolute atomic E-state index is 0.142. The summed E-state index contributed by atoms with van der Waals surface area (Å²) in [5.74, 6) is -0.843. The van der Waals surface area contributed by atoms with E-state index in [1.165, 1.54) is 29.9 Å². The summed E-state index contributed by atoms with van der Waals surface area (Å²) in [6.07, 6.45) is 1.18. The molecule has 5 rings (SSSR count). The zero-order valence-corrected chi connectivity index (χ0v) is 21.0. The Kier molecular flexibility index (Phi) is 6.73. The lowest BCUT2D eigenvalue weighted by Crippen LogP contribution is -2.24. The molecule has 39 heavy (non-hydrogen) atoms. The largest absolute Gasteiger partial charge is 0.417 e. The van der Waals surface area contributed by atoms with E-state index in [1.54, 1.807) is 17.1 Å². The van der Waals surface area contributed by atoms with E-state index in [9.17, 15) is 22.8 Å². The van der Waals surface area contributed by atoms with Crippen molar-refractivity contribution in [3.63, 3.8) is 0 Å². The van der Waals surface area contributed by atoms with Gasteiger partial charge in [-0.15, -0.1) is 0 Å². The minimum Gasteiger partial charge on any atom is -0.355 e. The number of hydrogen-bond acceptors (Lipinski definition) is 5. The van der Waals surface area contributed by atoms with Gasteiger partial charge in [-0.1, -0.05) is 12.1 Å². The van der Waals surface area contributed by atoms with Crippen molar-refractivity contribution in [3.8, 4) is 22.4 Å². The van der Waals surface area contributed by atoms with E-state index in [0.717, 1.165) is 39.7 Å². The molecule has 8 nitrogen and oxygen atoms in total. The summed E-state index contributed by atoms with van der Waals surface area (Å²) in [7, 11) is 3.11. The summed E-state index contributed by atoms with van der Waals surface area (Å²) < 4.78 is 43.9. The molecule has 0 aliphatic carbocycles. The highest BCUT2D eigenvalue weighted by Gasteiger charge is 2.35. The first-order valence-corrected chi connectivity index (χ1v) is 12.0. The van der Waals surface area contributed by atoms with Crippen molar-refractivity contribution in [2.75, 3.05) is 7.05 Å². The summed E-state index contributed by atoms with van der Waals surface area (Å²) >= 11 is 0. The Balaban J connectivity index is 1.41. The van der Waals surface area contributed by atoms with E-state index in [2.05, 4.69) is 20.5 Å². The number of rotatable bonds is 6. The number of alkyl halides is 3. The second-order valence-corrected chi connectivity index (χ2v) is 9.02. The smallest absolute Gasteiger partial charge is 0.355 e. The average molecular weight is 533 g/mol. The number of carbonyl (C=O) groups is 1. The highest BCUT2D eigenvalue weighted by atomic mass is 19.4. The number of hydrogen-bond donors (Lipinski definition) is 1. The van der Waals surface area contributed by atoms with Crippen LogP contribution in [0.4, 0.5) is 13.2 Å². The SMILES string of the molecule is CNC(=O)c1ccc(-c2ccc(=O)n(CCc3ccc4ncc(-c5cnn(C)c5)cc4c3)n2)cc1C(F)(F)F. The molecule has 2 aromatic carbocycles. The quantitative estimate of drug-likeness (QED) is 0.348. The summed E-state index contributed by atoms with van der Waals surface area (Å²) in [6, 6.07) is 13.8. The van der Waals surface area contributed by atoms with Crippen LogP contribution in [-0.4, -0.2) is 37.5 Å². The molecule has 0 bridgehead atoms. The lowest BCUT2D eigenvalue weighted by atomic mass is 10.0. The molecule has 3 aromatic heterocycles. The fourth-order valence-electron chi connectivity index (χ4n) is 4.33. The van der Waals surface area contributed by atoms with Gasteiger partial charge in [-0.2, -0.15) is 23.4 Å². The van der Waals surface area contributed by atoms with Crippen molar-refractivity contribution < 1.29 is 18.0 Å². The van der Waals surface area contributed by atoms with Gasteiger partial charge in [-0.05, 0) is 48.4 Å². The Hall–Kier alpha value is -4.80. The number of halogens is 3. The van der Waals surface area contributed by atoms with Gasteiger partial charge in [0.25, 0.3) is 11.5 Å². The monoisotopic (exact) mass is 532 g/mol. The van der Waals surface area contributed by atoms with Gasteiger partial charge in [-0.25, -0.2) is 4.68 Å². The molecular weight excluding hydrogens is 509 g/mol. The summed E-state index contributed by atoms with van der Waals surface area (Å²) in [5.41, 5.74) is 2.04. The molecule has 0 radical (unpaired) electrons. The van der Waals surface area contributed by atoms with Crippen LogP contribution in [0.25, 0.3) is 33.3 Å². The van der Waals surface area contributed by atoms with E-state index in [1.807, 2.05) is 37.5 Å². The number of benzene rings is 2. The van der Waals surface area contributed by atoms with Crippen LogP contribution in [0, 0.1) is 0 Å². The fraction of sp³-hybridized carbons (Fsp3) is 0.179. The van der Waals surface area contributed by atoms with E-state index in [4.69, 9.17) is 0 Å². The molecule has 1 N–H and O–H groups in total. The van der Waals surface area contributed by atoms with E-state index >= 15 is 0 Å². The third-order valence-corrected chi connectivity index (χ3v) is 6.36. The Morgan fingerprint density at radius 1 is 0.974 bits per heavy atom. The van der Waals surface area contributed by atoms with Crippen LogP contribution < -0.4 is 10.9 Å². The van der Waals surface area contributed by atoms with E-state index in [-0.39, 0.29) is 23.4 Å². The third-order valence-electron chi connectivity index (χ3n) is 6.36. The van der Waals surface area contributed by atoms with Crippen molar-refractivity contribution in [2.24, 2.45) is 7.05 Å². The number of amides is 1. The first kappa shape index (κ1) is 25.8. The molecule has 3 heterocycles. The molecule has 0 atom stereocenters. The Labute approximate surface area is 220 Å². The maximum absolute atomic E-state index is 13.7. The summed E-state index contributed by atoms with van der Waals surface area (Å²) in [5, 5.41) is 11.7. The number of nitrogens with zero attached hydrogens (tertiary/aromatic N) is 5. The van der Waals surface area contributed by atoms with Crippen LogP contribution in [-0.2, 0) is 26.2 Å². The van der Waals surface area contributed by atoms with Crippen molar-refractivity contribution in [1.29, 1.82) is 0 Å². The van der Waals surface area contributed by atoms with Gasteiger partial charge in [0, 0.05) is 61.2 Å². The van der Waals surface area contributed by atoms with E-state index in [0.29, 0.717) is 6.42 Å². The van der Waals surface area contributed by atoms with Gasteiger partial charge in [0.1, 0.15) is 0 Å². The molecule has 0 spiro atoms. The van der Waals surface area contributed by atoms with Crippen LogP contribution in [0.15, 0.2) is 78.0 Å².